The van der Waals surface area contributed by atoms with Crippen LogP contribution in [-0.4, -0.2) is 15.9 Å². The quantitative estimate of drug-likeness (QED) is 0.421. The number of benzene rings is 3. The zero-order chi connectivity index (χ0) is 22.0. The van der Waals surface area contributed by atoms with Crippen LogP contribution in [0.15, 0.2) is 73.2 Å². The number of alkyl halides is 3. The van der Waals surface area contributed by atoms with Crippen molar-refractivity contribution < 1.29 is 22.7 Å². The minimum Gasteiger partial charge on any atom is -0.457 e. The van der Waals surface area contributed by atoms with Gasteiger partial charge in [0.2, 0.25) is 0 Å². The fourth-order valence-corrected chi connectivity index (χ4v) is 3.19. The second-order valence-electron chi connectivity index (χ2n) is 7.01. The summed E-state index contributed by atoms with van der Waals surface area (Å²) in [6.07, 6.45) is -1.13. The second kappa shape index (κ2) is 8.14. The van der Waals surface area contributed by atoms with Crippen LogP contribution < -0.4 is 10.1 Å². The Bertz CT molecular complexity index is 1200. The molecule has 0 fully saturated rings. The highest BCUT2D eigenvalue weighted by Gasteiger charge is 2.30. The number of nitrogens with one attached hydrogen (secondary N) is 2. The van der Waals surface area contributed by atoms with Crippen LogP contribution in [-0.2, 0) is 6.18 Å². The first kappa shape index (κ1) is 20.5. The predicted molar refractivity (Wildman–Crippen MR) is 110 cm³/mol. The molecule has 0 radical (unpaired) electrons. The van der Waals surface area contributed by atoms with E-state index in [0.717, 1.165) is 28.6 Å². The van der Waals surface area contributed by atoms with Crippen LogP contribution in [0.1, 0.15) is 34.6 Å². The van der Waals surface area contributed by atoms with E-state index in [1.807, 2.05) is 13.0 Å². The maximum atomic E-state index is 12.7. The van der Waals surface area contributed by atoms with E-state index in [0.29, 0.717) is 11.3 Å². The van der Waals surface area contributed by atoms with Gasteiger partial charge in [-0.2, -0.15) is 13.2 Å². The number of fused-ring (bicyclic) bond motifs is 1. The molecule has 8 heteroatoms. The Kier molecular flexibility index (Phi) is 5.37. The largest absolute Gasteiger partial charge is 0.457 e. The van der Waals surface area contributed by atoms with Crippen molar-refractivity contribution in [2.75, 3.05) is 0 Å². The third-order valence-electron chi connectivity index (χ3n) is 4.82. The zero-order valence-corrected chi connectivity index (χ0v) is 16.4. The molecule has 4 rings (SSSR count). The molecule has 0 spiro atoms. The first-order chi connectivity index (χ1) is 14.8. The molecule has 31 heavy (non-hydrogen) atoms. The molecule has 1 aromatic heterocycles. The molecular formula is C23H18F3N3O2. The lowest BCUT2D eigenvalue weighted by Gasteiger charge is -2.13. The highest BCUT2D eigenvalue weighted by Crippen LogP contribution is 2.33. The molecular weight excluding hydrogens is 407 g/mol. The molecule has 4 aromatic rings. The molecule has 2 N–H and O–H groups in total. The molecule has 0 saturated carbocycles. The van der Waals surface area contributed by atoms with Gasteiger partial charge in [0.1, 0.15) is 11.5 Å². The molecule has 0 aliphatic carbocycles. The normalized spacial score (nSPS) is 12.5. The van der Waals surface area contributed by atoms with E-state index in [1.54, 1.807) is 42.9 Å². The van der Waals surface area contributed by atoms with Gasteiger partial charge in [-0.25, -0.2) is 4.98 Å². The van der Waals surface area contributed by atoms with E-state index in [4.69, 9.17) is 4.74 Å². The first-order valence-corrected chi connectivity index (χ1v) is 9.49. The van der Waals surface area contributed by atoms with Gasteiger partial charge in [-0.1, -0.05) is 12.1 Å². The van der Waals surface area contributed by atoms with Gasteiger partial charge in [0.25, 0.3) is 5.91 Å². The van der Waals surface area contributed by atoms with E-state index >= 15 is 0 Å². The summed E-state index contributed by atoms with van der Waals surface area (Å²) in [6, 6.07) is 14.7. The lowest BCUT2D eigenvalue weighted by Crippen LogP contribution is -2.26. The fourth-order valence-electron chi connectivity index (χ4n) is 3.19. The maximum absolute atomic E-state index is 12.7. The predicted octanol–water partition coefficient (Wildman–Crippen LogP) is 5.87. The molecule has 158 valence electrons. The number of hydrogen-bond donors (Lipinski definition) is 2. The summed E-state index contributed by atoms with van der Waals surface area (Å²) < 4.78 is 44.0. The number of rotatable bonds is 5. The fraction of sp³-hybridized carbons (Fsp3) is 0.130. The number of aromatic amines is 1. The van der Waals surface area contributed by atoms with Crippen LogP contribution in [0.5, 0.6) is 11.5 Å². The average molecular weight is 425 g/mol. The summed E-state index contributed by atoms with van der Waals surface area (Å²) in [5.74, 6) is 0.524. The van der Waals surface area contributed by atoms with E-state index in [2.05, 4.69) is 15.3 Å². The molecule has 3 aromatic carbocycles. The number of ether oxygens (including phenoxy) is 1. The molecule has 0 aliphatic rings. The number of nitrogens with zero attached hydrogens (tertiary/aromatic N) is 1. The Labute approximate surface area is 175 Å². The number of halogens is 3. The van der Waals surface area contributed by atoms with Gasteiger partial charge in [-0.15, -0.1) is 0 Å². The van der Waals surface area contributed by atoms with Gasteiger partial charge in [-0.3, -0.25) is 4.79 Å². The summed E-state index contributed by atoms with van der Waals surface area (Å²) in [5.41, 5.74) is 0.459. The molecule has 1 amide bonds. The lowest BCUT2D eigenvalue weighted by molar-refractivity contribution is -0.137. The van der Waals surface area contributed by atoms with Gasteiger partial charge in [-0.05, 0) is 60.8 Å². The van der Waals surface area contributed by atoms with E-state index < -0.39 is 11.7 Å². The van der Waals surface area contributed by atoms with Crippen LogP contribution in [0.25, 0.3) is 10.8 Å². The molecule has 0 bridgehead atoms. The van der Waals surface area contributed by atoms with Gasteiger partial charge in [0.15, 0.2) is 0 Å². The lowest BCUT2D eigenvalue weighted by atomic mass is 10.1. The van der Waals surface area contributed by atoms with Crippen molar-refractivity contribution in [3.8, 4) is 11.5 Å². The van der Waals surface area contributed by atoms with E-state index in [-0.39, 0.29) is 17.7 Å². The van der Waals surface area contributed by atoms with E-state index in [1.165, 1.54) is 12.1 Å². The van der Waals surface area contributed by atoms with Gasteiger partial charge >= 0.3 is 6.18 Å². The van der Waals surface area contributed by atoms with Gasteiger partial charge in [0.05, 0.1) is 23.6 Å². The molecule has 0 unspecified atom stereocenters. The minimum absolute atomic E-state index is 0.244. The van der Waals surface area contributed by atoms with E-state index in [9.17, 15) is 18.0 Å². The molecule has 1 atom stereocenters. The third-order valence-corrected chi connectivity index (χ3v) is 4.82. The standard InChI is InChI=1S/C23H18F3N3O2/c1-14(20-12-27-13-28-20)29-22(30)16-5-10-19-15(11-16)3-2-4-21(19)31-18-8-6-17(7-9-18)23(24,25)26/h2-14H,1H3,(H,27,28)(H,29,30)/t14-/m1/s1. The summed E-state index contributed by atoms with van der Waals surface area (Å²) in [7, 11) is 0. The number of carbonyl (C=O) groups excluding carboxylic acids is 1. The number of amides is 1. The van der Waals surface area contributed by atoms with Crippen molar-refractivity contribution >= 4 is 16.7 Å². The Morgan fingerprint density at radius 1 is 1.10 bits per heavy atom. The van der Waals surface area contributed by atoms with Crippen molar-refractivity contribution in [2.24, 2.45) is 0 Å². The SMILES string of the molecule is C[C@@H](NC(=O)c1ccc2c(Oc3ccc(C(F)(F)F)cc3)cccc2c1)c1c[nH]cn1. The number of carbonyl (C=O) groups is 1. The zero-order valence-electron chi connectivity index (χ0n) is 16.4. The van der Waals surface area contributed by atoms with Crippen LogP contribution in [0.4, 0.5) is 13.2 Å². The summed E-state index contributed by atoms with van der Waals surface area (Å²) >= 11 is 0. The van der Waals surface area contributed by atoms with Crippen molar-refractivity contribution in [3.63, 3.8) is 0 Å². The molecule has 0 saturated heterocycles. The Morgan fingerprint density at radius 2 is 1.87 bits per heavy atom. The highest BCUT2D eigenvalue weighted by molar-refractivity contribution is 6.00. The topological polar surface area (TPSA) is 67.0 Å². The van der Waals surface area contributed by atoms with Crippen LogP contribution in [0.3, 0.4) is 0 Å². The Morgan fingerprint density at radius 3 is 2.55 bits per heavy atom. The Hall–Kier alpha value is -3.81. The summed E-state index contributed by atoms with van der Waals surface area (Å²) in [5, 5.41) is 4.39. The summed E-state index contributed by atoms with van der Waals surface area (Å²) in [6.45, 7) is 1.84. The molecule has 1 heterocycles. The van der Waals surface area contributed by atoms with Gasteiger partial charge in [0, 0.05) is 17.1 Å². The van der Waals surface area contributed by atoms with Crippen molar-refractivity contribution in [1.29, 1.82) is 0 Å². The first-order valence-electron chi connectivity index (χ1n) is 9.49. The number of H-pyrrole nitrogens is 1. The summed E-state index contributed by atoms with van der Waals surface area (Å²) in [4.78, 5) is 19.6. The Balaban J connectivity index is 1.55. The third kappa shape index (κ3) is 4.53. The minimum atomic E-state index is -4.40. The maximum Gasteiger partial charge on any atom is 0.416 e. The monoisotopic (exact) mass is 425 g/mol. The highest BCUT2D eigenvalue weighted by atomic mass is 19.4. The number of hydrogen-bond acceptors (Lipinski definition) is 3. The van der Waals surface area contributed by atoms with Crippen molar-refractivity contribution in [2.45, 2.75) is 19.1 Å². The van der Waals surface area contributed by atoms with Gasteiger partial charge < -0.3 is 15.0 Å². The number of aromatic nitrogens is 2. The smallest absolute Gasteiger partial charge is 0.416 e. The average Bonchev–Trinajstić information content (AvgIpc) is 3.28. The molecule has 5 nitrogen and oxygen atoms in total. The molecule has 0 aliphatic heterocycles. The van der Waals surface area contributed by atoms with Crippen molar-refractivity contribution in [3.05, 3.63) is 90.0 Å². The second-order valence-corrected chi connectivity index (χ2v) is 7.01. The van der Waals surface area contributed by atoms with Crippen LogP contribution in [0.2, 0.25) is 0 Å². The van der Waals surface area contributed by atoms with Crippen molar-refractivity contribution in [1.82, 2.24) is 15.3 Å². The van der Waals surface area contributed by atoms with Crippen LogP contribution >= 0.6 is 0 Å². The number of imidazole rings is 1. The van der Waals surface area contributed by atoms with Crippen LogP contribution in [0, 0.1) is 0 Å².